The minimum Gasteiger partial charge on any atom is -0.493 e. The average molecular weight is 218 g/mol. The van der Waals surface area contributed by atoms with Gasteiger partial charge in [0.15, 0.2) is 5.78 Å². The van der Waals surface area contributed by atoms with Gasteiger partial charge in [0.2, 0.25) is 0 Å². The van der Waals surface area contributed by atoms with E-state index in [0.717, 1.165) is 29.4 Å². The summed E-state index contributed by atoms with van der Waals surface area (Å²) in [5, 5.41) is 0. The van der Waals surface area contributed by atoms with Crippen LogP contribution in [0.2, 0.25) is 0 Å². The highest BCUT2D eigenvalue weighted by Crippen LogP contribution is 2.28. The predicted molar refractivity (Wildman–Crippen MR) is 64.0 cm³/mol. The van der Waals surface area contributed by atoms with E-state index in [2.05, 4.69) is 0 Å². The van der Waals surface area contributed by atoms with Crippen molar-refractivity contribution in [3.8, 4) is 5.75 Å². The van der Waals surface area contributed by atoms with Gasteiger partial charge in [-0.1, -0.05) is 6.42 Å². The highest BCUT2D eigenvalue weighted by atomic mass is 16.5. The topological polar surface area (TPSA) is 26.3 Å². The smallest absolute Gasteiger partial charge is 0.159 e. The van der Waals surface area contributed by atoms with E-state index in [0.29, 0.717) is 0 Å². The number of hydrogen-bond acceptors (Lipinski definition) is 2. The second-order valence-electron chi connectivity index (χ2n) is 4.64. The van der Waals surface area contributed by atoms with Crippen LogP contribution in [0.25, 0.3) is 0 Å². The zero-order valence-corrected chi connectivity index (χ0v) is 9.95. The molecule has 0 aliphatic heterocycles. The molecule has 1 fully saturated rings. The Hall–Kier alpha value is -1.31. The second kappa shape index (κ2) is 4.69. The van der Waals surface area contributed by atoms with Gasteiger partial charge in [0, 0.05) is 5.56 Å². The van der Waals surface area contributed by atoms with Crippen molar-refractivity contribution in [3.05, 3.63) is 29.3 Å². The second-order valence-corrected chi connectivity index (χ2v) is 4.64. The molecule has 0 heterocycles. The molecule has 0 spiro atoms. The standard InChI is InChI=1S/C14H18O2/c1-10-8-13(11(2)15)6-7-14(10)16-9-12-4-3-5-12/h6-8,12H,3-5,9H2,1-2H3. The van der Waals surface area contributed by atoms with Crippen LogP contribution in [0.5, 0.6) is 5.75 Å². The number of hydrogen-bond donors (Lipinski definition) is 0. The summed E-state index contributed by atoms with van der Waals surface area (Å²) in [5.74, 6) is 1.76. The number of carbonyl (C=O) groups is 1. The molecule has 0 amide bonds. The Morgan fingerprint density at radius 2 is 2.19 bits per heavy atom. The van der Waals surface area contributed by atoms with E-state index in [4.69, 9.17) is 4.74 Å². The van der Waals surface area contributed by atoms with Gasteiger partial charge in [0.25, 0.3) is 0 Å². The summed E-state index contributed by atoms with van der Waals surface area (Å²) in [7, 11) is 0. The van der Waals surface area contributed by atoms with Crippen LogP contribution in [0.1, 0.15) is 42.1 Å². The van der Waals surface area contributed by atoms with E-state index in [-0.39, 0.29) is 5.78 Å². The Labute approximate surface area is 96.6 Å². The van der Waals surface area contributed by atoms with Crippen molar-refractivity contribution in [1.82, 2.24) is 0 Å². The average Bonchev–Trinajstić information content (AvgIpc) is 2.17. The summed E-state index contributed by atoms with van der Waals surface area (Å²) < 4.78 is 5.76. The van der Waals surface area contributed by atoms with Gasteiger partial charge in [-0.05, 0) is 56.4 Å². The summed E-state index contributed by atoms with van der Waals surface area (Å²) >= 11 is 0. The first-order valence-corrected chi connectivity index (χ1v) is 5.91. The Morgan fingerprint density at radius 3 is 2.69 bits per heavy atom. The Morgan fingerprint density at radius 1 is 1.44 bits per heavy atom. The van der Waals surface area contributed by atoms with E-state index in [1.807, 2.05) is 25.1 Å². The first kappa shape index (κ1) is 11.2. The number of Topliss-reactive ketones (excluding diaryl/α,β-unsaturated/α-hetero) is 1. The molecule has 86 valence electrons. The minimum atomic E-state index is 0.105. The number of ether oxygens (including phenoxy) is 1. The monoisotopic (exact) mass is 218 g/mol. The Kier molecular flexibility index (Phi) is 3.28. The molecule has 2 heteroatoms. The van der Waals surface area contributed by atoms with Crippen LogP contribution in [0.3, 0.4) is 0 Å². The third-order valence-corrected chi connectivity index (χ3v) is 3.28. The summed E-state index contributed by atoms with van der Waals surface area (Å²) in [6.07, 6.45) is 3.94. The maximum absolute atomic E-state index is 11.2. The van der Waals surface area contributed by atoms with Crippen LogP contribution >= 0.6 is 0 Å². The summed E-state index contributed by atoms with van der Waals surface area (Å²) in [5.41, 5.74) is 1.81. The molecule has 0 N–H and O–H groups in total. The Balaban J connectivity index is 2.00. The van der Waals surface area contributed by atoms with Crippen LogP contribution in [0.4, 0.5) is 0 Å². The van der Waals surface area contributed by atoms with Crippen molar-refractivity contribution in [3.63, 3.8) is 0 Å². The molecule has 1 saturated carbocycles. The van der Waals surface area contributed by atoms with Gasteiger partial charge in [0.05, 0.1) is 6.61 Å². The molecule has 0 aromatic heterocycles. The van der Waals surface area contributed by atoms with Crippen molar-refractivity contribution in [2.45, 2.75) is 33.1 Å². The third kappa shape index (κ3) is 2.43. The Bertz CT molecular complexity index is 392. The third-order valence-electron chi connectivity index (χ3n) is 3.28. The highest BCUT2D eigenvalue weighted by Gasteiger charge is 2.18. The van der Waals surface area contributed by atoms with Gasteiger partial charge in [0.1, 0.15) is 5.75 Å². The SMILES string of the molecule is CC(=O)c1ccc(OCC2CCC2)c(C)c1. The fraction of sp³-hybridized carbons (Fsp3) is 0.500. The van der Waals surface area contributed by atoms with Gasteiger partial charge >= 0.3 is 0 Å². The molecule has 1 aromatic carbocycles. The molecular weight excluding hydrogens is 200 g/mol. The predicted octanol–water partition coefficient (Wildman–Crippen LogP) is 3.38. The number of rotatable bonds is 4. The molecule has 0 saturated heterocycles. The maximum atomic E-state index is 11.2. The number of benzene rings is 1. The zero-order chi connectivity index (χ0) is 11.5. The van der Waals surface area contributed by atoms with E-state index in [1.54, 1.807) is 6.92 Å². The summed E-state index contributed by atoms with van der Waals surface area (Å²) in [6, 6.07) is 5.65. The molecule has 1 aliphatic carbocycles. The van der Waals surface area contributed by atoms with Crippen LogP contribution in [0.15, 0.2) is 18.2 Å². The highest BCUT2D eigenvalue weighted by molar-refractivity contribution is 5.94. The quantitative estimate of drug-likeness (QED) is 0.724. The molecule has 2 rings (SSSR count). The number of carbonyl (C=O) groups excluding carboxylic acids is 1. The maximum Gasteiger partial charge on any atom is 0.159 e. The van der Waals surface area contributed by atoms with Crippen molar-refractivity contribution in [1.29, 1.82) is 0 Å². The molecule has 2 nitrogen and oxygen atoms in total. The van der Waals surface area contributed by atoms with Crippen LogP contribution in [0, 0.1) is 12.8 Å². The summed E-state index contributed by atoms with van der Waals surface area (Å²) in [4.78, 5) is 11.2. The molecule has 0 unspecified atom stereocenters. The van der Waals surface area contributed by atoms with E-state index in [9.17, 15) is 4.79 Å². The lowest BCUT2D eigenvalue weighted by atomic mass is 9.86. The van der Waals surface area contributed by atoms with Gasteiger partial charge in [-0.2, -0.15) is 0 Å². The zero-order valence-electron chi connectivity index (χ0n) is 9.95. The largest absolute Gasteiger partial charge is 0.493 e. The van der Waals surface area contributed by atoms with Gasteiger partial charge < -0.3 is 4.74 Å². The van der Waals surface area contributed by atoms with E-state index >= 15 is 0 Å². The normalized spacial score (nSPS) is 15.6. The van der Waals surface area contributed by atoms with Crippen LogP contribution in [-0.4, -0.2) is 12.4 Å². The van der Waals surface area contributed by atoms with Crippen molar-refractivity contribution in [2.24, 2.45) is 5.92 Å². The molecule has 0 bridgehead atoms. The first-order valence-electron chi connectivity index (χ1n) is 5.91. The fourth-order valence-electron chi connectivity index (χ4n) is 1.90. The van der Waals surface area contributed by atoms with Crippen LogP contribution in [-0.2, 0) is 0 Å². The van der Waals surface area contributed by atoms with Gasteiger partial charge in [-0.25, -0.2) is 0 Å². The molecule has 1 aromatic rings. The van der Waals surface area contributed by atoms with Crippen molar-refractivity contribution < 1.29 is 9.53 Å². The van der Waals surface area contributed by atoms with E-state index in [1.165, 1.54) is 19.3 Å². The van der Waals surface area contributed by atoms with Gasteiger partial charge in [-0.3, -0.25) is 4.79 Å². The molecular formula is C14H18O2. The molecule has 16 heavy (non-hydrogen) atoms. The molecule has 0 radical (unpaired) electrons. The van der Waals surface area contributed by atoms with Gasteiger partial charge in [-0.15, -0.1) is 0 Å². The molecule has 0 atom stereocenters. The minimum absolute atomic E-state index is 0.105. The fourth-order valence-corrected chi connectivity index (χ4v) is 1.90. The molecule has 1 aliphatic rings. The first-order chi connectivity index (χ1) is 7.66. The van der Waals surface area contributed by atoms with Crippen LogP contribution < -0.4 is 4.74 Å². The van der Waals surface area contributed by atoms with E-state index < -0.39 is 0 Å². The van der Waals surface area contributed by atoms with Crippen molar-refractivity contribution >= 4 is 5.78 Å². The number of ketones is 1. The number of aryl methyl sites for hydroxylation is 1. The lowest BCUT2D eigenvalue weighted by molar-refractivity contribution is 0.101. The lowest BCUT2D eigenvalue weighted by Crippen LogP contribution is -2.19. The summed E-state index contributed by atoms with van der Waals surface area (Å²) in [6.45, 7) is 4.40. The van der Waals surface area contributed by atoms with Crippen molar-refractivity contribution in [2.75, 3.05) is 6.61 Å². The lowest BCUT2D eigenvalue weighted by Gasteiger charge is -2.25.